The van der Waals surface area contributed by atoms with Gasteiger partial charge in [0.25, 0.3) is 0 Å². The van der Waals surface area contributed by atoms with E-state index in [0.717, 1.165) is 17.3 Å². The van der Waals surface area contributed by atoms with Gasteiger partial charge in [-0.25, -0.2) is 0 Å². The van der Waals surface area contributed by atoms with Crippen molar-refractivity contribution in [1.82, 2.24) is 0 Å². The molecule has 2 nitrogen and oxygen atoms in total. The third kappa shape index (κ3) is 1.32. The van der Waals surface area contributed by atoms with Crippen LogP contribution in [0.1, 0.15) is 0 Å². The third-order valence-corrected chi connectivity index (χ3v) is 3.29. The monoisotopic (exact) mass is 216 g/mol. The Balaban J connectivity index is 1.86. The molecule has 0 unspecified atom stereocenters. The first-order chi connectivity index (χ1) is 7.29. The molecule has 0 aromatic heterocycles. The van der Waals surface area contributed by atoms with E-state index in [2.05, 4.69) is 17.2 Å². The van der Waals surface area contributed by atoms with E-state index in [0.29, 0.717) is 5.92 Å². The Hall–Kier alpha value is -1.46. The quantitative estimate of drug-likeness (QED) is 0.722. The fourth-order valence-corrected chi connectivity index (χ4v) is 2.35. The number of nitrogens with zero attached hydrogens (tertiary/aromatic N) is 2. The molecule has 0 bridgehead atoms. The van der Waals surface area contributed by atoms with Crippen molar-refractivity contribution in [2.75, 3.05) is 11.4 Å². The molecule has 3 heteroatoms. The van der Waals surface area contributed by atoms with Crippen molar-refractivity contribution < 1.29 is 0 Å². The summed E-state index contributed by atoms with van der Waals surface area (Å²) in [5, 5.41) is 9.54. The number of nitriles is 1. The largest absolute Gasteiger partial charge is 0.347 e. The van der Waals surface area contributed by atoms with E-state index in [1.165, 1.54) is 5.57 Å². The second-order valence-corrected chi connectivity index (χ2v) is 4.41. The second kappa shape index (κ2) is 3.01. The Morgan fingerprint density at radius 2 is 2.33 bits per heavy atom. The Kier molecular flexibility index (Phi) is 1.77. The molecule has 15 heavy (non-hydrogen) atoms. The summed E-state index contributed by atoms with van der Waals surface area (Å²) < 4.78 is 0. The lowest BCUT2D eigenvalue weighted by molar-refractivity contribution is 0.797. The number of hydrogen-bond donors (Lipinski definition) is 0. The van der Waals surface area contributed by atoms with Crippen LogP contribution >= 0.6 is 11.6 Å². The molecule has 0 spiro atoms. The summed E-state index contributed by atoms with van der Waals surface area (Å²) in [5.41, 5.74) is 2.39. The predicted octanol–water partition coefficient (Wildman–Crippen LogP) is 2.81. The molecule has 0 saturated heterocycles. The van der Waals surface area contributed by atoms with Crippen LogP contribution in [-0.4, -0.2) is 6.54 Å². The van der Waals surface area contributed by atoms with E-state index < -0.39 is 0 Å². The summed E-state index contributed by atoms with van der Waals surface area (Å²) in [4.78, 5) is 2.17. The Morgan fingerprint density at radius 3 is 2.93 bits per heavy atom. The Morgan fingerprint density at radius 1 is 1.47 bits per heavy atom. The van der Waals surface area contributed by atoms with Crippen molar-refractivity contribution >= 4 is 17.3 Å². The average molecular weight is 217 g/mol. The zero-order chi connectivity index (χ0) is 10.4. The first-order valence-electron chi connectivity index (χ1n) is 4.93. The fraction of sp³-hybridized carbons (Fsp3) is 0.250. The number of anilines is 1. The zero-order valence-corrected chi connectivity index (χ0v) is 8.78. The SMILES string of the molecule is N#C[C@@H]1C2=CN(c3cccc(Cl)c3)C[C@H]21. The van der Waals surface area contributed by atoms with Gasteiger partial charge in [0, 0.05) is 29.4 Å². The van der Waals surface area contributed by atoms with E-state index in [1.807, 2.05) is 24.3 Å². The minimum atomic E-state index is 0.181. The van der Waals surface area contributed by atoms with Gasteiger partial charge >= 0.3 is 0 Å². The van der Waals surface area contributed by atoms with E-state index in [9.17, 15) is 0 Å². The molecule has 1 aromatic rings. The van der Waals surface area contributed by atoms with Crippen LogP contribution in [0, 0.1) is 23.2 Å². The van der Waals surface area contributed by atoms with Crippen LogP contribution in [0.25, 0.3) is 0 Å². The van der Waals surface area contributed by atoms with E-state index >= 15 is 0 Å². The van der Waals surface area contributed by atoms with Crippen molar-refractivity contribution in [3.05, 3.63) is 41.1 Å². The van der Waals surface area contributed by atoms with Crippen LogP contribution in [0.15, 0.2) is 36.0 Å². The molecule has 3 rings (SSSR count). The molecule has 0 amide bonds. The minimum absolute atomic E-state index is 0.181. The highest BCUT2D eigenvalue weighted by molar-refractivity contribution is 6.30. The normalized spacial score (nSPS) is 26.9. The van der Waals surface area contributed by atoms with Gasteiger partial charge in [-0.05, 0) is 23.8 Å². The maximum absolute atomic E-state index is 8.78. The second-order valence-electron chi connectivity index (χ2n) is 3.97. The maximum atomic E-state index is 8.78. The van der Waals surface area contributed by atoms with Crippen molar-refractivity contribution in [3.63, 3.8) is 0 Å². The lowest BCUT2D eigenvalue weighted by Crippen LogP contribution is -2.16. The third-order valence-electron chi connectivity index (χ3n) is 3.06. The van der Waals surface area contributed by atoms with Crippen molar-refractivity contribution in [3.8, 4) is 6.07 Å². The summed E-state index contributed by atoms with van der Waals surface area (Å²) in [6.07, 6.45) is 2.09. The lowest BCUT2D eigenvalue weighted by Gasteiger charge is -2.17. The maximum Gasteiger partial charge on any atom is 0.0777 e. The molecular weight excluding hydrogens is 208 g/mol. The van der Waals surface area contributed by atoms with E-state index in [4.69, 9.17) is 16.9 Å². The van der Waals surface area contributed by atoms with Crippen LogP contribution in [0.5, 0.6) is 0 Å². The van der Waals surface area contributed by atoms with Crippen molar-refractivity contribution in [2.24, 2.45) is 11.8 Å². The summed E-state index contributed by atoms with van der Waals surface area (Å²) >= 11 is 5.93. The number of rotatable bonds is 1. The van der Waals surface area contributed by atoms with Gasteiger partial charge in [-0.2, -0.15) is 5.26 Å². The molecule has 1 heterocycles. The van der Waals surface area contributed by atoms with Gasteiger partial charge in [0.15, 0.2) is 0 Å². The predicted molar refractivity (Wildman–Crippen MR) is 59.5 cm³/mol. The molecule has 74 valence electrons. The van der Waals surface area contributed by atoms with Crippen LogP contribution in [0.2, 0.25) is 5.02 Å². The van der Waals surface area contributed by atoms with Gasteiger partial charge in [0.1, 0.15) is 0 Å². The fourth-order valence-electron chi connectivity index (χ4n) is 2.17. The molecule has 1 saturated carbocycles. The number of benzene rings is 1. The van der Waals surface area contributed by atoms with Crippen LogP contribution in [-0.2, 0) is 0 Å². The highest BCUT2D eigenvalue weighted by atomic mass is 35.5. The zero-order valence-electron chi connectivity index (χ0n) is 8.02. The van der Waals surface area contributed by atoms with Gasteiger partial charge in [-0.3, -0.25) is 0 Å². The van der Waals surface area contributed by atoms with E-state index in [-0.39, 0.29) is 5.92 Å². The molecular formula is C12H9ClN2. The number of fused-ring (bicyclic) bond motifs is 1. The van der Waals surface area contributed by atoms with Crippen LogP contribution in [0.4, 0.5) is 5.69 Å². The smallest absolute Gasteiger partial charge is 0.0777 e. The molecule has 1 aromatic carbocycles. The molecule has 2 aliphatic rings. The first-order valence-corrected chi connectivity index (χ1v) is 5.31. The molecule has 1 aliphatic carbocycles. The lowest BCUT2D eigenvalue weighted by atomic mass is 10.2. The van der Waals surface area contributed by atoms with Crippen molar-refractivity contribution in [2.45, 2.75) is 0 Å². The van der Waals surface area contributed by atoms with E-state index in [1.54, 1.807) is 0 Å². The number of hydrogen-bond acceptors (Lipinski definition) is 2. The molecule has 1 fully saturated rings. The Labute approximate surface area is 93.4 Å². The topological polar surface area (TPSA) is 27.0 Å². The molecule has 0 radical (unpaired) electrons. The summed E-state index contributed by atoms with van der Waals surface area (Å²) in [7, 11) is 0. The van der Waals surface area contributed by atoms with Gasteiger partial charge in [0.05, 0.1) is 12.0 Å². The summed E-state index contributed by atoms with van der Waals surface area (Å²) in [6.45, 7) is 0.925. The van der Waals surface area contributed by atoms with Gasteiger partial charge < -0.3 is 4.90 Å². The summed E-state index contributed by atoms with van der Waals surface area (Å²) in [6, 6.07) is 10.1. The van der Waals surface area contributed by atoms with Gasteiger partial charge in [-0.15, -0.1) is 0 Å². The number of halogens is 1. The highest BCUT2D eigenvalue weighted by Crippen LogP contribution is 2.50. The molecule has 0 N–H and O–H groups in total. The van der Waals surface area contributed by atoms with Crippen LogP contribution < -0.4 is 4.90 Å². The Bertz CT molecular complexity index is 487. The van der Waals surface area contributed by atoms with Gasteiger partial charge in [-0.1, -0.05) is 17.7 Å². The summed E-state index contributed by atoms with van der Waals surface area (Å²) in [5.74, 6) is 0.648. The average Bonchev–Trinajstić information content (AvgIpc) is 2.70. The van der Waals surface area contributed by atoms with Gasteiger partial charge in [0.2, 0.25) is 0 Å². The molecule has 2 atom stereocenters. The minimum Gasteiger partial charge on any atom is -0.347 e. The van der Waals surface area contributed by atoms with Crippen LogP contribution in [0.3, 0.4) is 0 Å². The highest BCUT2D eigenvalue weighted by Gasteiger charge is 2.49. The molecule has 1 aliphatic heterocycles. The first kappa shape index (κ1) is 8.82. The van der Waals surface area contributed by atoms with Crippen molar-refractivity contribution in [1.29, 1.82) is 5.26 Å². The standard InChI is InChI=1S/C12H9ClN2/c13-8-2-1-3-9(4-8)15-6-11-10(5-14)12(11)7-15/h1-4,6,10,12H,7H2/t10-,12+/m1/s1.